The zero-order chi connectivity index (χ0) is 17.2. The van der Waals surface area contributed by atoms with Gasteiger partial charge in [0, 0.05) is 12.3 Å². The number of benzene rings is 1. The third kappa shape index (κ3) is 3.47. The SMILES string of the molecule is CCP(=O)(CC)[C@](C)(NS(=O)(=O)C(C)(C)C)c1ccccc1. The Labute approximate surface area is 135 Å². The largest absolute Gasteiger partial charge is 0.321 e. The van der Waals surface area contributed by atoms with Gasteiger partial charge in [0.25, 0.3) is 0 Å². The Hall–Kier alpha value is -0.640. The molecular formula is C16H28NO3PS. The van der Waals surface area contributed by atoms with E-state index in [2.05, 4.69) is 4.72 Å². The van der Waals surface area contributed by atoms with Crippen LogP contribution in [0.15, 0.2) is 30.3 Å². The average Bonchev–Trinajstić information content (AvgIpc) is 2.45. The summed E-state index contributed by atoms with van der Waals surface area (Å²) >= 11 is 0. The Kier molecular flexibility index (Phi) is 5.70. The summed E-state index contributed by atoms with van der Waals surface area (Å²) in [6, 6.07) is 9.22. The Balaban J connectivity index is 3.54. The summed E-state index contributed by atoms with van der Waals surface area (Å²) in [4.78, 5) is 0. The van der Waals surface area contributed by atoms with Crippen LogP contribution in [0.1, 0.15) is 47.1 Å². The van der Waals surface area contributed by atoms with E-state index in [0.717, 1.165) is 5.56 Å². The van der Waals surface area contributed by atoms with Crippen LogP contribution in [0.3, 0.4) is 0 Å². The second kappa shape index (κ2) is 6.46. The smallest absolute Gasteiger partial charge is 0.217 e. The van der Waals surface area contributed by atoms with Gasteiger partial charge in [0.2, 0.25) is 10.0 Å². The molecular weight excluding hydrogens is 317 g/mol. The summed E-state index contributed by atoms with van der Waals surface area (Å²) in [5.74, 6) is 0. The highest BCUT2D eigenvalue weighted by Gasteiger charge is 2.47. The molecule has 1 rings (SSSR count). The molecule has 22 heavy (non-hydrogen) atoms. The van der Waals surface area contributed by atoms with E-state index in [1.807, 2.05) is 44.2 Å². The molecule has 0 saturated heterocycles. The molecule has 1 atom stereocenters. The van der Waals surface area contributed by atoms with Crippen molar-refractivity contribution in [2.45, 2.75) is 51.6 Å². The van der Waals surface area contributed by atoms with Crippen LogP contribution in [0.25, 0.3) is 0 Å². The molecule has 126 valence electrons. The van der Waals surface area contributed by atoms with E-state index in [4.69, 9.17) is 0 Å². The Bertz CT molecular complexity index is 642. The van der Waals surface area contributed by atoms with Crippen molar-refractivity contribution >= 4 is 17.2 Å². The van der Waals surface area contributed by atoms with E-state index in [0.29, 0.717) is 12.3 Å². The molecule has 0 spiro atoms. The normalized spacial score (nSPS) is 16.3. The van der Waals surface area contributed by atoms with Crippen molar-refractivity contribution in [3.8, 4) is 0 Å². The molecule has 0 aliphatic carbocycles. The molecule has 0 aliphatic heterocycles. The molecule has 0 heterocycles. The molecule has 0 aromatic heterocycles. The van der Waals surface area contributed by atoms with Crippen LogP contribution in [0.5, 0.6) is 0 Å². The fraction of sp³-hybridized carbons (Fsp3) is 0.625. The number of sulfonamides is 1. The van der Waals surface area contributed by atoms with Crippen molar-refractivity contribution in [2.24, 2.45) is 0 Å². The van der Waals surface area contributed by atoms with Gasteiger partial charge < -0.3 is 4.57 Å². The first-order valence-corrected chi connectivity index (χ1v) is 11.2. The maximum atomic E-state index is 13.5. The lowest BCUT2D eigenvalue weighted by atomic mass is 10.1. The van der Waals surface area contributed by atoms with Crippen LogP contribution in [0, 0.1) is 0 Å². The van der Waals surface area contributed by atoms with Crippen molar-refractivity contribution < 1.29 is 13.0 Å². The molecule has 1 N–H and O–H groups in total. The van der Waals surface area contributed by atoms with Crippen LogP contribution >= 0.6 is 7.14 Å². The molecule has 0 bridgehead atoms. The third-order valence-corrected chi connectivity index (χ3v) is 10.8. The lowest BCUT2D eigenvalue weighted by molar-refractivity contribution is 0.489. The molecule has 0 aliphatic rings. The first-order chi connectivity index (χ1) is 9.93. The standard InChI is InChI=1S/C16H28NO3PS/c1-7-21(18,8-2)16(6,14-12-10-9-11-13-14)17-22(19,20)15(3,4)5/h9-13,17H,7-8H2,1-6H3/t16-/m0/s1. The maximum absolute atomic E-state index is 13.5. The highest BCUT2D eigenvalue weighted by molar-refractivity contribution is 7.91. The molecule has 0 unspecified atom stereocenters. The first kappa shape index (κ1) is 19.4. The topological polar surface area (TPSA) is 63.2 Å². The van der Waals surface area contributed by atoms with Gasteiger partial charge in [-0.1, -0.05) is 44.2 Å². The van der Waals surface area contributed by atoms with Crippen LogP contribution in [-0.2, 0) is 19.9 Å². The van der Waals surface area contributed by atoms with Gasteiger partial charge in [-0.2, -0.15) is 4.72 Å². The van der Waals surface area contributed by atoms with Crippen molar-refractivity contribution in [1.82, 2.24) is 4.72 Å². The Morgan fingerprint density at radius 1 is 1.00 bits per heavy atom. The van der Waals surface area contributed by atoms with E-state index in [1.165, 1.54) is 0 Å². The van der Waals surface area contributed by atoms with Gasteiger partial charge in [0.05, 0.1) is 4.75 Å². The summed E-state index contributed by atoms with van der Waals surface area (Å²) in [5, 5.41) is -1.09. The molecule has 0 radical (unpaired) electrons. The molecule has 1 aromatic rings. The average molecular weight is 345 g/mol. The third-order valence-electron chi connectivity index (χ3n) is 4.31. The minimum atomic E-state index is -3.63. The number of hydrogen-bond acceptors (Lipinski definition) is 3. The van der Waals surface area contributed by atoms with Crippen molar-refractivity contribution in [3.63, 3.8) is 0 Å². The van der Waals surface area contributed by atoms with Crippen molar-refractivity contribution in [3.05, 3.63) is 35.9 Å². The van der Waals surface area contributed by atoms with Gasteiger partial charge in [0.15, 0.2) is 0 Å². The summed E-state index contributed by atoms with van der Waals surface area (Å²) in [7, 11) is -6.41. The molecule has 4 nitrogen and oxygen atoms in total. The summed E-state index contributed by atoms with van der Waals surface area (Å²) in [5.41, 5.74) is 0.745. The van der Waals surface area contributed by atoms with Crippen LogP contribution in [0.2, 0.25) is 0 Å². The maximum Gasteiger partial charge on any atom is 0.217 e. The second-order valence-corrected chi connectivity index (χ2v) is 13.1. The number of nitrogens with one attached hydrogen (secondary N) is 1. The van der Waals surface area contributed by atoms with E-state index in [1.54, 1.807) is 27.7 Å². The van der Waals surface area contributed by atoms with E-state index >= 15 is 0 Å². The highest BCUT2D eigenvalue weighted by atomic mass is 32.2. The van der Waals surface area contributed by atoms with Gasteiger partial charge in [-0.15, -0.1) is 0 Å². The molecule has 0 fully saturated rings. The Morgan fingerprint density at radius 2 is 1.45 bits per heavy atom. The van der Waals surface area contributed by atoms with Gasteiger partial charge in [-0.05, 0) is 33.3 Å². The molecule has 0 saturated carbocycles. The number of rotatable bonds is 6. The fourth-order valence-corrected chi connectivity index (χ4v) is 6.72. The second-order valence-electron chi connectivity index (χ2n) is 6.68. The van der Waals surface area contributed by atoms with Gasteiger partial charge in [0.1, 0.15) is 12.4 Å². The monoisotopic (exact) mass is 345 g/mol. The summed E-state index contributed by atoms with van der Waals surface area (Å²) in [6.45, 7) is 10.4. The van der Waals surface area contributed by atoms with Crippen molar-refractivity contribution in [2.75, 3.05) is 12.3 Å². The predicted molar refractivity (Wildman–Crippen MR) is 94.3 cm³/mol. The molecule has 0 amide bonds. The zero-order valence-corrected chi connectivity index (χ0v) is 16.1. The van der Waals surface area contributed by atoms with Crippen LogP contribution in [0.4, 0.5) is 0 Å². The van der Waals surface area contributed by atoms with Gasteiger partial charge in [-0.25, -0.2) is 8.42 Å². The van der Waals surface area contributed by atoms with Gasteiger partial charge >= 0.3 is 0 Å². The minimum absolute atomic E-state index is 0.446. The molecule has 1 aromatic carbocycles. The van der Waals surface area contributed by atoms with Crippen LogP contribution < -0.4 is 4.72 Å². The fourth-order valence-electron chi connectivity index (χ4n) is 2.41. The zero-order valence-electron chi connectivity index (χ0n) is 14.4. The van der Waals surface area contributed by atoms with Crippen LogP contribution in [-0.4, -0.2) is 25.5 Å². The highest BCUT2D eigenvalue weighted by Crippen LogP contribution is 2.61. The van der Waals surface area contributed by atoms with E-state index in [9.17, 15) is 13.0 Å². The predicted octanol–water partition coefficient (Wildman–Crippen LogP) is 3.98. The summed E-state index contributed by atoms with van der Waals surface area (Å²) < 4.78 is 40.6. The van der Waals surface area contributed by atoms with Crippen molar-refractivity contribution in [1.29, 1.82) is 0 Å². The van der Waals surface area contributed by atoms with E-state index in [-0.39, 0.29) is 0 Å². The lowest BCUT2D eigenvalue weighted by Crippen LogP contribution is -2.50. The minimum Gasteiger partial charge on any atom is -0.321 e. The number of hydrogen-bond donors (Lipinski definition) is 1. The molecule has 6 heteroatoms. The lowest BCUT2D eigenvalue weighted by Gasteiger charge is -2.40. The first-order valence-electron chi connectivity index (χ1n) is 7.61. The Morgan fingerprint density at radius 3 is 1.82 bits per heavy atom. The quantitative estimate of drug-likeness (QED) is 0.793. The van der Waals surface area contributed by atoms with Gasteiger partial charge in [-0.3, -0.25) is 0 Å². The van der Waals surface area contributed by atoms with E-state index < -0.39 is 27.2 Å². The summed E-state index contributed by atoms with van der Waals surface area (Å²) in [6.07, 6.45) is 0.892.